The topological polar surface area (TPSA) is 55.4 Å². The van der Waals surface area contributed by atoms with Crippen molar-refractivity contribution in [3.8, 4) is 0 Å². The van der Waals surface area contributed by atoms with E-state index in [4.69, 9.17) is 4.74 Å². The molecular weight excluding hydrogens is 290 g/mol. The van der Waals surface area contributed by atoms with Crippen molar-refractivity contribution in [2.24, 2.45) is 11.3 Å². The zero-order valence-corrected chi connectivity index (χ0v) is 15.0. The molecule has 4 heteroatoms. The number of rotatable bonds is 5. The van der Waals surface area contributed by atoms with Crippen molar-refractivity contribution in [2.75, 3.05) is 6.61 Å². The molecule has 0 bridgehead atoms. The van der Waals surface area contributed by atoms with Crippen molar-refractivity contribution in [3.05, 3.63) is 22.5 Å². The van der Waals surface area contributed by atoms with Crippen molar-refractivity contribution in [1.29, 1.82) is 0 Å². The molecule has 0 spiro atoms. The lowest BCUT2D eigenvalue weighted by Gasteiger charge is -2.39. The summed E-state index contributed by atoms with van der Waals surface area (Å²) < 4.78 is 5.25. The third-order valence-corrected chi connectivity index (χ3v) is 4.70. The van der Waals surface area contributed by atoms with Gasteiger partial charge in [0.2, 0.25) is 0 Å². The third kappa shape index (κ3) is 3.67. The molecule has 1 heterocycles. The predicted molar refractivity (Wildman–Crippen MR) is 90.5 cm³/mol. The maximum atomic E-state index is 12.8. The molecule has 1 aliphatic heterocycles. The zero-order chi connectivity index (χ0) is 17.2. The van der Waals surface area contributed by atoms with Gasteiger partial charge in [0.15, 0.2) is 5.78 Å². The first-order valence-electron chi connectivity index (χ1n) is 8.72. The fourth-order valence-electron chi connectivity index (χ4n) is 3.75. The van der Waals surface area contributed by atoms with Crippen molar-refractivity contribution < 1.29 is 14.3 Å². The van der Waals surface area contributed by atoms with E-state index >= 15 is 0 Å². The molecule has 4 nitrogen and oxygen atoms in total. The normalized spacial score (nSPS) is 23.5. The standard InChI is InChI=1S/C19H29NO3/c1-6-8-9-13-16(18(22)23-7-2)12(3)20-14-10-19(4,5)11-15(21)17(13)14/h13,20H,6-11H2,1-5H3. The number of ether oxygens (including phenoxy) is 1. The number of ketones is 1. The largest absolute Gasteiger partial charge is 0.463 e. The van der Waals surface area contributed by atoms with Crippen molar-refractivity contribution in [2.45, 2.75) is 66.7 Å². The van der Waals surface area contributed by atoms with Gasteiger partial charge in [-0.15, -0.1) is 0 Å². The van der Waals surface area contributed by atoms with Gasteiger partial charge in [-0.1, -0.05) is 33.6 Å². The van der Waals surface area contributed by atoms with E-state index in [0.717, 1.165) is 42.7 Å². The molecule has 1 aliphatic carbocycles. The van der Waals surface area contributed by atoms with E-state index in [-0.39, 0.29) is 23.1 Å². The lowest BCUT2D eigenvalue weighted by Crippen LogP contribution is -2.39. The Labute approximate surface area is 139 Å². The monoisotopic (exact) mass is 319 g/mol. The number of hydrogen-bond acceptors (Lipinski definition) is 4. The number of carbonyl (C=O) groups excluding carboxylic acids is 2. The Morgan fingerprint density at radius 3 is 2.61 bits per heavy atom. The molecule has 0 radical (unpaired) electrons. The highest BCUT2D eigenvalue weighted by atomic mass is 16.5. The molecular formula is C19H29NO3. The third-order valence-electron chi connectivity index (χ3n) is 4.70. The number of carbonyl (C=O) groups is 2. The summed E-state index contributed by atoms with van der Waals surface area (Å²) in [5.74, 6) is -0.226. The van der Waals surface area contributed by atoms with Gasteiger partial charge in [-0.3, -0.25) is 4.79 Å². The Morgan fingerprint density at radius 1 is 1.30 bits per heavy atom. The molecule has 1 atom stereocenters. The maximum absolute atomic E-state index is 12.8. The van der Waals surface area contributed by atoms with Gasteiger partial charge in [-0.05, 0) is 32.1 Å². The first-order valence-corrected chi connectivity index (χ1v) is 8.72. The minimum Gasteiger partial charge on any atom is -0.463 e. The Morgan fingerprint density at radius 2 is 2.00 bits per heavy atom. The highest BCUT2D eigenvalue weighted by molar-refractivity contribution is 6.02. The minimum absolute atomic E-state index is 0.0278. The van der Waals surface area contributed by atoms with Gasteiger partial charge in [0.1, 0.15) is 0 Å². The fourth-order valence-corrected chi connectivity index (χ4v) is 3.75. The second-order valence-corrected chi connectivity index (χ2v) is 7.41. The predicted octanol–water partition coefficient (Wildman–Crippen LogP) is 3.88. The SMILES string of the molecule is CCCCC1C(C(=O)OCC)=C(C)NC2=C1C(=O)CC(C)(C)C2. The Balaban J connectivity index is 2.43. The van der Waals surface area contributed by atoms with E-state index < -0.39 is 0 Å². The van der Waals surface area contributed by atoms with E-state index in [0.29, 0.717) is 18.6 Å². The summed E-state index contributed by atoms with van der Waals surface area (Å²) >= 11 is 0. The highest BCUT2D eigenvalue weighted by Crippen LogP contribution is 2.44. The molecule has 0 amide bonds. The number of esters is 1. The lowest BCUT2D eigenvalue weighted by atomic mass is 9.69. The number of dihydropyridines is 1. The molecule has 0 aromatic carbocycles. The number of Topliss-reactive ketones (excluding diaryl/α,β-unsaturated/α-hetero) is 1. The van der Waals surface area contributed by atoms with Crippen molar-refractivity contribution in [1.82, 2.24) is 5.32 Å². The molecule has 2 rings (SSSR count). The number of hydrogen-bond donors (Lipinski definition) is 1. The van der Waals surface area contributed by atoms with Gasteiger partial charge in [0, 0.05) is 29.3 Å². The van der Waals surface area contributed by atoms with Crippen LogP contribution in [0.2, 0.25) is 0 Å². The number of nitrogens with one attached hydrogen (secondary N) is 1. The highest BCUT2D eigenvalue weighted by Gasteiger charge is 2.41. The number of allylic oxidation sites excluding steroid dienone is 3. The molecule has 1 N–H and O–H groups in total. The molecule has 0 aromatic heterocycles. The summed E-state index contributed by atoms with van der Waals surface area (Å²) in [6.07, 6.45) is 4.26. The Hall–Kier alpha value is -1.58. The van der Waals surface area contributed by atoms with Gasteiger partial charge in [-0.2, -0.15) is 0 Å². The summed E-state index contributed by atoms with van der Waals surface area (Å²) in [5, 5.41) is 3.34. The van der Waals surface area contributed by atoms with Crippen LogP contribution >= 0.6 is 0 Å². The van der Waals surface area contributed by atoms with Crippen LogP contribution in [-0.4, -0.2) is 18.4 Å². The van der Waals surface area contributed by atoms with Gasteiger partial charge in [-0.25, -0.2) is 4.79 Å². The zero-order valence-electron chi connectivity index (χ0n) is 15.0. The van der Waals surface area contributed by atoms with Crippen molar-refractivity contribution in [3.63, 3.8) is 0 Å². The Bertz CT molecular complexity index is 569. The fraction of sp³-hybridized carbons (Fsp3) is 0.684. The first-order chi connectivity index (χ1) is 10.8. The molecule has 2 aliphatic rings. The molecule has 0 fully saturated rings. The summed E-state index contributed by atoms with van der Waals surface area (Å²) in [4.78, 5) is 25.2. The average molecular weight is 319 g/mol. The van der Waals surface area contributed by atoms with E-state index in [2.05, 4.69) is 26.1 Å². The van der Waals surface area contributed by atoms with Crippen LogP contribution in [0, 0.1) is 11.3 Å². The molecule has 0 saturated carbocycles. The second kappa shape index (κ2) is 6.90. The van der Waals surface area contributed by atoms with Gasteiger partial charge >= 0.3 is 5.97 Å². The second-order valence-electron chi connectivity index (χ2n) is 7.41. The molecule has 0 saturated heterocycles. The van der Waals surface area contributed by atoms with Crippen LogP contribution in [0.25, 0.3) is 0 Å². The summed E-state index contributed by atoms with van der Waals surface area (Å²) in [6.45, 7) is 10.4. The van der Waals surface area contributed by atoms with Crippen molar-refractivity contribution >= 4 is 11.8 Å². The van der Waals surface area contributed by atoms with Gasteiger partial charge in [0.25, 0.3) is 0 Å². The van der Waals surface area contributed by atoms with Crippen LogP contribution in [0.1, 0.15) is 66.7 Å². The minimum atomic E-state index is -0.289. The molecule has 1 unspecified atom stereocenters. The summed E-state index contributed by atoms with van der Waals surface area (Å²) in [6, 6.07) is 0. The van der Waals surface area contributed by atoms with Crippen LogP contribution in [0.4, 0.5) is 0 Å². The average Bonchev–Trinajstić information content (AvgIpc) is 2.42. The number of unbranched alkanes of at least 4 members (excludes halogenated alkanes) is 1. The van der Waals surface area contributed by atoms with E-state index in [1.54, 1.807) is 0 Å². The van der Waals surface area contributed by atoms with Gasteiger partial charge < -0.3 is 10.1 Å². The van der Waals surface area contributed by atoms with Crippen LogP contribution < -0.4 is 5.32 Å². The summed E-state index contributed by atoms with van der Waals surface area (Å²) in [5.41, 5.74) is 3.30. The quantitative estimate of drug-likeness (QED) is 0.781. The van der Waals surface area contributed by atoms with E-state index in [9.17, 15) is 9.59 Å². The summed E-state index contributed by atoms with van der Waals surface area (Å²) in [7, 11) is 0. The van der Waals surface area contributed by atoms with Crippen LogP contribution in [-0.2, 0) is 14.3 Å². The van der Waals surface area contributed by atoms with E-state index in [1.807, 2.05) is 13.8 Å². The lowest BCUT2D eigenvalue weighted by molar-refractivity contribution is -0.139. The molecule has 128 valence electrons. The first kappa shape index (κ1) is 17.8. The van der Waals surface area contributed by atoms with Crippen LogP contribution in [0.5, 0.6) is 0 Å². The Kier molecular flexibility index (Phi) is 5.33. The van der Waals surface area contributed by atoms with Crippen LogP contribution in [0.3, 0.4) is 0 Å². The molecule has 0 aromatic rings. The molecule has 23 heavy (non-hydrogen) atoms. The maximum Gasteiger partial charge on any atom is 0.336 e. The van der Waals surface area contributed by atoms with E-state index in [1.165, 1.54) is 0 Å². The van der Waals surface area contributed by atoms with Gasteiger partial charge in [0.05, 0.1) is 12.2 Å². The smallest absolute Gasteiger partial charge is 0.336 e. The van der Waals surface area contributed by atoms with Crippen LogP contribution in [0.15, 0.2) is 22.5 Å².